The number of nitrogens with one attached hydrogen (secondary N) is 1. The van der Waals surface area contributed by atoms with Crippen molar-refractivity contribution in [2.24, 2.45) is 11.8 Å². The summed E-state index contributed by atoms with van der Waals surface area (Å²) in [5.41, 5.74) is 1.53. The van der Waals surface area contributed by atoms with Gasteiger partial charge in [0.2, 0.25) is 0 Å². The van der Waals surface area contributed by atoms with E-state index in [1.165, 1.54) is 24.8 Å². The zero-order chi connectivity index (χ0) is 13.2. The zero-order valence-electron chi connectivity index (χ0n) is 12.2. The van der Waals surface area contributed by atoms with Gasteiger partial charge in [-0.1, -0.05) is 34.1 Å². The van der Waals surface area contributed by atoms with Crippen LogP contribution in [0, 0.1) is 11.8 Å². The van der Waals surface area contributed by atoms with Gasteiger partial charge in [0.25, 0.3) is 0 Å². The highest BCUT2D eigenvalue weighted by Crippen LogP contribution is 2.42. The van der Waals surface area contributed by atoms with Crippen molar-refractivity contribution in [2.75, 3.05) is 6.54 Å². The number of hydrogen-bond acceptors (Lipinski definition) is 2. The first-order chi connectivity index (χ1) is 8.55. The number of furan rings is 1. The summed E-state index contributed by atoms with van der Waals surface area (Å²) < 4.78 is 5.29. The molecule has 1 fully saturated rings. The summed E-state index contributed by atoms with van der Waals surface area (Å²) in [4.78, 5) is 0. The Morgan fingerprint density at radius 1 is 1.39 bits per heavy atom. The first kappa shape index (κ1) is 13.7. The van der Waals surface area contributed by atoms with Gasteiger partial charge >= 0.3 is 0 Å². The van der Waals surface area contributed by atoms with Gasteiger partial charge in [-0.15, -0.1) is 0 Å². The van der Waals surface area contributed by atoms with Crippen LogP contribution in [0.25, 0.3) is 0 Å². The molecule has 1 aromatic rings. The lowest BCUT2D eigenvalue weighted by Gasteiger charge is -2.44. The minimum atomic E-state index is 0.194. The van der Waals surface area contributed by atoms with Gasteiger partial charge in [0.1, 0.15) is 0 Å². The fourth-order valence-corrected chi connectivity index (χ4v) is 3.58. The maximum absolute atomic E-state index is 5.29. The van der Waals surface area contributed by atoms with Crippen molar-refractivity contribution in [3.8, 4) is 0 Å². The second-order valence-electron chi connectivity index (χ2n) is 6.42. The van der Waals surface area contributed by atoms with Crippen LogP contribution in [0.5, 0.6) is 0 Å². The van der Waals surface area contributed by atoms with Crippen molar-refractivity contribution in [3.63, 3.8) is 0 Å². The Bertz CT molecular complexity index is 355. The lowest BCUT2D eigenvalue weighted by molar-refractivity contribution is 0.146. The highest BCUT2D eigenvalue weighted by atomic mass is 16.3. The van der Waals surface area contributed by atoms with Crippen LogP contribution in [-0.4, -0.2) is 12.6 Å². The number of hydrogen-bond donors (Lipinski definition) is 1. The lowest BCUT2D eigenvalue weighted by atomic mass is 9.64. The molecule has 2 heteroatoms. The first-order valence-corrected chi connectivity index (χ1v) is 7.31. The second-order valence-corrected chi connectivity index (χ2v) is 6.42. The van der Waals surface area contributed by atoms with E-state index in [1.807, 2.05) is 6.26 Å². The first-order valence-electron chi connectivity index (χ1n) is 7.31. The topological polar surface area (TPSA) is 25.2 Å². The van der Waals surface area contributed by atoms with E-state index < -0.39 is 0 Å². The highest BCUT2D eigenvalue weighted by molar-refractivity contribution is 5.20. The summed E-state index contributed by atoms with van der Waals surface area (Å²) >= 11 is 0. The van der Waals surface area contributed by atoms with E-state index in [0.29, 0.717) is 12.0 Å². The Kier molecular flexibility index (Phi) is 4.16. The standard InChI is InChI=1S/C16H27NO/c1-5-17-15-10-12(2)6-7-14(15)16(3,4)13-8-9-18-11-13/h8-9,11-12,14-15,17H,5-7,10H2,1-4H3. The van der Waals surface area contributed by atoms with Gasteiger partial charge in [0.05, 0.1) is 12.5 Å². The maximum Gasteiger partial charge on any atom is 0.0940 e. The SMILES string of the molecule is CCNC1CC(C)CCC1C(C)(C)c1ccoc1. The molecule has 102 valence electrons. The van der Waals surface area contributed by atoms with Crippen molar-refractivity contribution in [1.29, 1.82) is 0 Å². The summed E-state index contributed by atoms with van der Waals surface area (Å²) in [5, 5.41) is 3.70. The van der Waals surface area contributed by atoms with E-state index in [4.69, 9.17) is 4.42 Å². The van der Waals surface area contributed by atoms with Crippen LogP contribution in [0.3, 0.4) is 0 Å². The largest absolute Gasteiger partial charge is 0.472 e. The van der Waals surface area contributed by atoms with Gasteiger partial charge in [-0.05, 0) is 48.3 Å². The van der Waals surface area contributed by atoms with E-state index >= 15 is 0 Å². The van der Waals surface area contributed by atoms with Gasteiger partial charge in [-0.3, -0.25) is 0 Å². The second kappa shape index (κ2) is 5.48. The van der Waals surface area contributed by atoms with Crippen molar-refractivity contribution in [1.82, 2.24) is 5.32 Å². The molecule has 0 spiro atoms. The summed E-state index contributed by atoms with van der Waals surface area (Å²) in [6.45, 7) is 10.4. The highest BCUT2D eigenvalue weighted by Gasteiger charge is 2.39. The minimum absolute atomic E-state index is 0.194. The summed E-state index contributed by atoms with van der Waals surface area (Å²) in [5.74, 6) is 1.55. The molecule has 0 aromatic carbocycles. The molecule has 0 radical (unpaired) electrons. The Morgan fingerprint density at radius 2 is 2.17 bits per heavy atom. The minimum Gasteiger partial charge on any atom is -0.472 e. The number of rotatable bonds is 4. The molecule has 1 heterocycles. The van der Waals surface area contributed by atoms with Gasteiger partial charge in [0.15, 0.2) is 0 Å². The van der Waals surface area contributed by atoms with E-state index in [9.17, 15) is 0 Å². The molecule has 1 saturated carbocycles. The predicted molar refractivity (Wildman–Crippen MR) is 75.7 cm³/mol. The molecule has 1 N–H and O–H groups in total. The van der Waals surface area contributed by atoms with Gasteiger partial charge in [0, 0.05) is 6.04 Å². The van der Waals surface area contributed by atoms with Gasteiger partial charge in [-0.25, -0.2) is 0 Å². The fourth-order valence-electron chi connectivity index (χ4n) is 3.58. The smallest absolute Gasteiger partial charge is 0.0940 e. The summed E-state index contributed by atoms with van der Waals surface area (Å²) in [6.07, 6.45) is 7.69. The van der Waals surface area contributed by atoms with Crippen molar-refractivity contribution >= 4 is 0 Å². The van der Waals surface area contributed by atoms with Crippen molar-refractivity contribution in [3.05, 3.63) is 24.2 Å². The maximum atomic E-state index is 5.29. The van der Waals surface area contributed by atoms with E-state index in [1.54, 1.807) is 6.26 Å². The third kappa shape index (κ3) is 2.64. The van der Waals surface area contributed by atoms with Crippen molar-refractivity contribution in [2.45, 2.75) is 58.4 Å². The molecule has 2 nitrogen and oxygen atoms in total. The summed E-state index contributed by atoms with van der Waals surface area (Å²) in [7, 11) is 0. The average molecular weight is 249 g/mol. The molecule has 18 heavy (non-hydrogen) atoms. The Balaban J connectivity index is 2.18. The van der Waals surface area contributed by atoms with E-state index in [0.717, 1.165) is 12.5 Å². The predicted octanol–water partition coefficient (Wildman–Crippen LogP) is 3.97. The van der Waals surface area contributed by atoms with E-state index in [2.05, 4.69) is 39.1 Å². The Hall–Kier alpha value is -0.760. The van der Waals surface area contributed by atoms with Crippen molar-refractivity contribution < 1.29 is 4.42 Å². The third-order valence-electron chi connectivity index (χ3n) is 4.77. The fraction of sp³-hybridized carbons (Fsp3) is 0.750. The third-order valence-corrected chi connectivity index (χ3v) is 4.77. The Labute approximate surface area is 111 Å². The molecule has 0 amide bonds. The zero-order valence-corrected chi connectivity index (χ0v) is 12.2. The van der Waals surface area contributed by atoms with Crippen LogP contribution in [0.1, 0.15) is 52.5 Å². The van der Waals surface area contributed by atoms with Crippen LogP contribution in [0.2, 0.25) is 0 Å². The Morgan fingerprint density at radius 3 is 2.78 bits per heavy atom. The average Bonchev–Trinajstić information content (AvgIpc) is 2.83. The molecule has 0 bridgehead atoms. The quantitative estimate of drug-likeness (QED) is 0.873. The van der Waals surface area contributed by atoms with Gasteiger partial charge in [-0.2, -0.15) is 0 Å². The molecule has 2 rings (SSSR count). The molecule has 3 atom stereocenters. The molecule has 3 unspecified atom stereocenters. The molecule has 1 aromatic heterocycles. The normalized spacial score (nSPS) is 29.4. The van der Waals surface area contributed by atoms with Crippen LogP contribution < -0.4 is 5.32 Å². The lowest BCUT2D eigenvalue weighted by Crippen LogP contribution is -2.48. The molecule has 1 aliphatic rings. The molecule has 0 saturated heterocycles. The molecule has 1 aliphatic carbocycles. The van der Waals surface area contributed by atoms with Crippen LogP contribution in [0.15, 0.2) is 23.0 Å². The van der Waals surface area contributed by atoms with Gasteiger partial charge < -0.3 is 9.73 Å². The summed E-state index contributed by atoms with van der Waals surface area (Å²) in [6, 6.07) is 2.77. The van der Waals surface area contributed by atoms with E-state index in [-0.39, 0.29) is 5.41 Å². The molecular formula is C16H27NO. The molecule has 0 aliphatic heterocycles. The molecular weight excluding hydrogens is 222 g/mol. The monoisotopic (exact) mass is 249 g/mol. The van der Waals surface area contributed by atoms with Crippen LogP contribution in [0.4, 0.5) is 0 Å². The van der Waals surface area contributed by atoms with Crippen LogP contribution in [-0.2, 0) is 5.41 Å². The van der Waals surface area contributed by atoms with Crippen LogP contribution >= 0.6 is 0 Å².